The molecule has 0 bridgehead atoms. The van der Waals surface area contributed by atoms with E-state index in [2.05, 4.69) is 4.98 Å². The van der Waals surface area contributed by atoms with E-state index in [-0.39, 0.29) is 5.97 Å². The number of aryl methyl sites for hydroxylation is 1. The Morgan fingerprint density at radius 1 is 1.60 bits per heavy atom. The number of nitrogens with zero attached hydrogens (tertiary/aromatic N) is 2. The van der Waals surface area contributed by atoms with Crippen LogP contribution in [-0.2, 0) is 9.57 Å². The van der Waals surface area contributed by atoms with E-state index < -0.39 is 0 Å². The summed E-state index contributed by atoms with van der Waals surface area (Å²) in [4.78, 5) is 20.8. The fraction of sp³-hybridized carbons (Fsp3) is 0.556. The lowest BCUT2D eigenvalue weighted by molar-refractivity contribution is -0.150. The molecule has 82 valence electrons. The van der Waals surface area contributed by atoms with Gasteiger partial charge in [0.05, 0.1) is 26.3 Å². The van der Waals surface area contributed by atoms with Crippen molar-refractivity contribution in [1.82, 2.24) is 10.0 Å². The molecule has 0 aliphatic carbocycles. The molecule has 0 amide bonds. The molecule has 1 fully saturated rings. The van der Waals surface area contributed by atoms with Gasteiger partial charge in [0.1, 0.15) is 0 Å². The number of ether oxygens (including phenoxy) is 1. The summed E-state index contributed by atoms with van der Waals surface area (Å²) in [6.07, 6.45) is 0. The van der Waals surface area contributed by atoms with Crippen molar-refractivity contribution in [2.75, 3.05) is 26.3 Å². The highest BCUT2D eigenvalue weighted by Crippen LogP contribution is 2.11. The number of rotatable bonds is 2. The van der Waals surface area contributed by atoms with Crippen LogP contribution in [0.3, 0.4) is 0 Å². The predicted octanol–water partition coefficient (Wildman–Crippen LogP) is 0.856. The van der Waals surface area contributed by atoms with E-state index in [0.29, 0.717) is 31.3 Å². The molecular formula is C9H12N2O3S. The maximum absolute atomic E-state index is 11.6. The Kier molecular flexibility index (Phi) is 3.30. The highest BCUT2D eigenvalue weighted by molar-refractivity contribution is 7.11. The van der Waals surface area contributed by atoms with Gasteiger partial charge in [-0.05, 0) is 6.92 Å². The van der Waals surface area contributed by atoms with E-state index in [1.54, 1.807) is 5.06 Å². The third-order valence-electron chi connectivity index (χ3n) is 1.98. The van der Waals surface area contributed by atoms with Crippen LogP contribution in [0.25, 0.3) is 0 Å². The van der Waals surface area contributed by atoms with Gasteiger partial charge in [-0.15, -0.1) is 16.4 Å². The van der Waals surface area contributed by atoms with Crippen molar-refractivity contribution in [3.8, 4) is 0 Å². The summed E-state index contributed by atoms with van der Waals surface area (Å²) in [7, 11) is 0. The molecule has 5 nitrogen and oxygen atoms in total. The molecule has 1 aromatic heterocycles. The van der Waals surface area contributed by atoms with Crippen LogP contribution in [0.5, 0.6) is 0 Å². The molecule has 6 heteroatoms. The molecular weight excluding hydrogens is 216 g/mol. The molecule has 0 saturated carbocycles. The number of morpholine rings is 1. The third kappa shape index (κ3) is 2.74. The average Bonchev–Trinajstić information content (AvgIpc) is 2.66. The topological polar surface area (TPSA) is 51.7 Å². The Morgan fingerprint density at radius 2 is 2.33 bits per heavy atom. The smallest absolute Gasteiger partial charge is 0.379 e. The molecule has 1 aliphatic heterocycles. The molecule has 15 heavy (non-hydrogen) atoms. The molecule has 0 N–H and O–H groups in total. The number of aromatic nitrogens is 1. The quantitative estimate of drug-likeness (QED) is 0.751. The molecule has 0 aromatic carbocycles. The largest absolute Gasteiger partial charge is 0.386 e. The highest BCUT2D eigenvalue weighted by Gasteiger charge is 2.18. The van der Waals surface area contributed by atoms with Gasteiger partial charge in [-0.2, -0.15) is 0 Å². The maximum Gasteiger partial charge on any atom is 0.386 e. The van der Waals surface area contributed by atoms with Crippen molar-refractivity contribution in [2.24, 2.45) is 0 Å². The number of hydrogen-bond donors (Lipinski definition) is 0. The summed E-state index contributed by atoms with van der Waals surface area (Å²) >= 11 is 1.30. The Labute approximate surface area is 91.6 Å². The van der Waals surface area contributed by atoms with E-state index in [4.69, 9.17) is 9.57 Å². The van der Waals surface area contributed by atoms with Gasteiger partial charge < -0.3 is 9.57 Å². The van der Waals surface area contributed by atoms with Gasteiger partial charge in [0.15, 0.2) is 0 Å². The molecule has 1 aromatic rings. The van der Waals surface area contributed by atoms with E-state index in [9.17, 15) is 4.79 Å². The van der Waals surface area contributed by atoms with Crippen LogP contribution in [0.15, 0.2) is 5.38 Å². The number of carbonyl (C=O) groups is 1. The van der Waals surface area contributed by atoms with Gasteiger partial charge in [0.25, 0.3) is 0 Å². The molecule has 2 heterocycles. The summed E-state index contributed by atoms with van der Waals surface area (Å²) in [5.74, 6) is -0.380. The molecule has 1 aliphatic rings. The number of carbonyl (C=O) groups excluding carboxylic acids is 1. The summed E-state index contributed by atoms with van der Waals surface area (Å²) < 4.78 is 5.15. The minimum Gasteiger partial charge on any atom is -0.379 e. The minimum absolute atomic E-state index is 0.380. The van der Waals surface area contributed by atoms with Crippen LogP contribution in [0.4, 0.5) is 0 Å². The standard InChI is InChI=1S/C9H12N2O3S/c1-7-6-15-8(10-7)9(12)14-11-2-4-13-5-3-11/h6H,2-5H2,1H3. The maximum atomic E-state index is 11.6. The molecule has 0 atom stereocenters. The molecule has 0 radical (unpaired) electrons. The van der Waals surface area contributed by atoms with Crippen LogP contribution in [0, 0.1) is 6.92 Å². The van der Waals surface area contributed by atoms with Crippen molar-refractivity contribution < 1.29 is 14.4 Å². The van der Waals surface area contributed by atoms with Crippen molar-refractivity contribution in [3.05, 3.63) is 16.1 Å². The second-order valence-electron chi connectivity index (χ2n) is 3.21. The van der Waals surface area contributed by atoms with Crippen LogP contribution in [0.2, 0.25) is 0 Å². The van der Waals surface area contributed by atoms with Crippen LogP contribution in [0.1, 0.15) is 15.5 Å². The zero-order valence-electron chi connectivity index (χ0n) is 8.43. The fourth-order valence-corrected chi connectivity index (χ4v) is 1.91. The molecule has 0 unspecified atom stereocenters. The van der Waals surface area contributed by atoms with Crippen molar-refractivity contribution >= 4 is 17.3 Å². The Bertz CT molecular complexity index is 347. The van der Waals surface area contributed by atoms with Crippen LogP contribution in [-0.4, -0.2) is 42.3 Å². The van der Waals surface area contributed by atoms with E-state index in [1.165, 1.54) is 11.3 Å². The second-order valence-corrected chi connectivity index (χ2v) is 4.07. The first-order valence-electron chi connectivity index (χ1n) is 4.73. The first-order valence-corrected chi connectivity index (χ1v) is 5.61. The Morgan fingerprint density at radius 3 is 2.93 bits per heavy atom. The van der Waals surface area contributed by atoms with Crippen LogP contribution < -0.4 is 0 Å². The number of thiazole rings is 1. The summed E-state index contributed by atoms with van der Waals surface area (Å²) in [5, 5.41) is 3.84. The van der Waals surface area contributed by atoms with Gasteiger partial charge in [-0.1, -0.05) is 0 Å². The fourth-order valence-electron chi connectivity index (χ4n) is 1.24. The lowest BCUT2D eigenvalue weighted by Crippen LogP contribution is -2.37. The molecule has 0 spiro atoms. The molecule has 1 saturated heterocycles. The van der Waals surface area contributed by atoms with Gasteiger partial charge in [-0.25, -0.2) is 9.78 Å². The predicted molar refractivity (Wildman–Crippen MR) is 54.7 cm³/mol. The first kappa shape index (κ1) is 10.5. The van der Waals surface area contributed by atoms with Crippen molar-refractivity contribution in [1.29, 1.82) is 0 Å². The van der Waals surface area contributed by atoms with Crippen molar-refractivity contribution in [3.63, 3.8) is 0 Å². The first-order chi connectivity index (χ1) is 7.25. The average molecular weight is 228 g/mol. The minimum atomic E-state index is -0.380. The normalized spacial score (nSPS) is 17.7. The van der Waals surface area contributed by atoms with Gasteiger partial charge in [0.2, 0.25) is 5.01 Å². The van der Waals surface area contributed by atoms with Gasteiger partial charge >= 0.3 is 5.97 Å². The lowest BCUT2D eigenvalue weighted by atomic mass is 10.5. The number of hydroxylamine groups is 2. The lowest BCUT2D eigenvalue weighted by Gasteiger charge is -2.24. The van der Waals surface area contributed by atoms with E-state index in [1.807, 2.05) is 12.3 Å². The van der Waals surface area contributed by atoms with Gasteiger partial charge in [-0.3, -0.25) is 0 Å². The van der Waals surface area contributed by atoms with E-state index in [0.717, 1.165) is 5.69 Å². The highest BCUT2D eigenvalue weighted by atomic mass is 32.1. The van der Waals surface area contributed by atoms with Gasteiger partial charge in [0, 0.05) is 11.1 Å². The zero-order chi connectivity index (χ0) is 10.7. The Hall–Kier alpha value is -0.980. The Balaban J connectivity index is 1.91. The SMILES string of the molecule is Cc1csc(C(=O)ON2CCOCC2)n1. The monoisotopic (exact) mass is 228 g/mol. The summed E-state index contributed by atoms with van der Waals surface area (Å²) in [5.41, 5.74) is 0.842. The van der Waals surface area contributed by atoms with Crippen molar-refractivity contribution in [2.45, 2.75) is 6.92 Å². The zero-order valence-corrected chi connectivity index (χ0v) is 9.25. The van der Waals surface area contributed by atoms with Crippen LogP contribution >= 0.6 is 11.3 Å². The second kappa shape index (κ2) is 4.69. The third-order valence-corrected chi connectivity index (χ3v) is 2.92. The summed E-state index contributed by atoms with van der Waals surface area (Å²) in [6, 6.07) is 0. The molecule has 2 rings (SSSR count). The number of hydrogen-bond acceptors (Lipinski definition) is 6. The summed E-state index contributed by atoms with van der Waals surface area (Å²) in [6.45, 7) is 4.29. The van der Waals surface area contributed by atoms with E-state index >= 15 is 0 Å².